The fourth-order valence-corrected chi connectivity index (χ4v) is 0. The van der Waals surface area contributed by atoms with Gasteiger partial charge in [0.2, 0.25) is 0 Å². The highest BCUT2D eigenvalue weighted by atomic mass is 35.5. The standard InChI is InChI=1S/C2HCl3.C2H6OS/c3-1-2(4)5;3-1-2-4/h1H;3-4H,1-2H2. The van der Waals surface area contributed by atoms with E-state index in [1.807, 2.05) is 0 Å². The van der Waals surface area contributed by atoms with Crippen molar-refractivity contribution in [2.45, 2.75) is 0 Å². The van der Waals surface area contributed by atoms with E-state index in [-0.39, 0.29) is 11.1 Å². The Morgan fingerprint density at radius 2 is 1.78 bits per heavy atom. The second-order valence-electron chi connectivity index (χ2n) is 0.846. The zero-order valence-electron chi connectivity index (χ0n) is 4.52. The summed E-state index contributed by atoms with van der Waals surface area (Å²) < 4.78 is 0.0895. The lowest BCUT2D eigenvalue weighted by atomic mass is 10.9. The molecule has 0 radical (unpaired) electrons. The maximum Gasteiger partial charge on any atom is 0.118 e. The molecule has 0 aromatic carbocycles. The van der Waals surface area contributed by atoms with E-state index in [0.717, 1.165) is 5.54 Å². The molecule has 1 nitrogen and oxygen atoms in total. The number of aliphatic hydroxyl groups excluding tert-OH is 1. The van der Waals surface area contributed by atoms with Crippen LogP contribution in [0, 0.1) is 0 Å². The lowest BCUT2D eigenvalue weighted by Crippen LogP contribution is -1.76. The van der Waals surface area contributed by atoms with Gasteiger partial charge in [-0.3, -0.25) is 0 Å². The molecule has 0 atom stereocenters. The van der Waals surface area contributed by atoms with Gasteiger partial charge in [0.1, 0.15) is 4.49 Å². The van der Waals surface area contributed by atoms with Gasteiger partial charge in [-0.2, -0.15) is 12.6 Å². The molecule has 0 saturated carbocycles. The Morgan fingerprint density at radius 3 is 1.78 bits per heavy atom. The Labute approximate surface area is 75.0 Å². The van der Waals surface area contributed by atoms with Crippen LogP contribution in [0.1, 0.15) is 0 Å². The number of rotatable bonds is 1. The van der Waals surface area contributed by atoms with E-state index < -0.39 is 0 Å². The van der Waals surface area contributed by atoms with Crippen LogP contribution in [-0.4, -0.2) is 17.5 Å². The quantitative estimate of drug-likeness (QED) is 0.636. The van der Waals surface area contributed by atoms with Crippen LogP contribution in [0.15, 0.2) is 10.0 Å². The van der Waals surface area contributed by atoms with Crippen molar-refractivity contribution in [1.82, 2.24) is 0 Å². The summed E-state index contributed by atoms with van der Waals surface area (Å²) in [6.07, 6.45) is 0. The van der Waals surface area contributed by atoms with Gasteiger partial charge < -0.3 is 5.11 Å². The van der Waals surface area contributed by atoms with Crippen molar-refractivity contribution in [3.8, 4) is 0 Å². The van der Waals surface area contributed by atoms with Crippen molar-refractivity contribution in [2.75, 3.05) is 12.4 Å². The molecule has 56 valence electrons. The molecule has 9 heavy (non-hydrogen) atoms. The summed E-state index contributed by atoms with van der Waals surface area (Å²) in [7, 11) is 0. The Balaban J connectivity index is 0. The number of aliphatic hydroxyl groups is 1. The van der Waals surface area contributed by atoms with Crippen molar-refractivity contribution >= 4 is 47.4 Å². The molecular weight excluding hydrogens is 202 g/mol. The summed E-state index contributed by atoms with van der Waals surface area (Å²) in [6, 6.07) is 0. The molecule has 5 heteroatoms. The van der Waals surface area contributed by atoms with Crippen LogP contribution in [-0.2, 0) is 0 Å². The molecule has 0 amide bonds. The summed E-state index contributed by atoms with van der Waals surface area (Å²) in [6.45, 7) is 0.184. The average molecular weight is 210 g/mol. The maximum atomic E-state index is 7.80. The highest BCUT2D eigenvalue weighted by Gasteiger charge is 1.70. The van der Waals surface area contributed by atoms with Gasteiger partial charge in [-0.25, -0.2) is 0 Å². The second kappa shape index (κ2) is 11.7. The predicted octanol–water partition coefficient (Wildman–Crippen LogP) is 2.41. The minimum absolute atomic E-state index is 0.0895. The summed E-state index contributed by atoms with van der Waals surface area (Å²) in [5.41, 5.74) is 1.09. The topological polar surface area (TPSA) is 20.2 Å². The van der Waals surface area contributed by atoms with Crippen LogP contribution in [0.2, 0.25) is 0 Å². The van der Waals surface area contributed by atoms with E-state index in [1.165, 1.54) is 0 Å². The van der Waals surface area contributed by atoms with Gasteiger partial charge in [0.05, 0.1) is 6.61 Å². The summed E-state index contributed by atoms with van der Waals surface area (Å²) >= 11 is 18.5. The summed E-state index contributed by atoms with van der Waals surface area (Å²) in [5.74, 6) is 0.569. The molecule has 0 spiro atoms. The van der Waals surface area contributed by atoms with Crippen molar-refractivity contribution < 1.29 is 5.11 Å². The smallest absolute Gasteiger partial charge is 0.118 e. The van der Waals surface area contributed by atoms with Crippen LogP contribution >= 0.6 is 47.4 Å². The normalized spacial score (nSPS) is 7.22. The molecule has 0 aromatic rings. The second-order valence-corrected chi connectivity index (χ2v) is 2.52. The van der Waals surface area contributed by atoms with Gasteiger partial charge in [-0.1, -0.05) is 34.8 Å². The minimum Gasteiger partial charge on any atom is -0.396 e. The highest BCUT2D eigenvalue weighted by Crippen LogP contribution is 2.05. The van der Waals surface area contributed by atoms with E-state index in [0.29, 0.717) is 5.75 Å². The van der Waals surface area contributed by atoms with Crippen LogP contribution in [0.3, 0.4) is 0 Å². The largest absolute Gasteiger partial charge is 0.396 e. The third-order valence-corrected chi connectivity index (χ3v) is 1.04. The number of hydrogen-bond acceptors (Lipinski definition) is 2. The monoisotopic (exact) mass is 208 g/mol. The Hall–Kier alpha value is 0.920. The van der Waals surface area contributed by atoms with Crippen LogP contribution < -0.4 is 0 Å². The third kappa shape index (κ3) is 27.8. The lowest BCUT2D eigenvalue weighted by molar-refractivity contribution is 0.323. The van der Waals surface area contributed by atoms with E-state index in [4.69, 9.17) is 39.9 Å². The Kier molecular flexibility index (Phi) is 16.3. The molecule has 0 bridgehead atoms. The minimum atomic E-state index is 0.0895. The zero-order chi connectivity index (χ0) is 7.70. The molecule has 1 N–H and O–H groups in total. The molecule has 0 heterocycles. The maximum absolute atomic E-state index is 7.80. The van der Waals surface area contributed by atoms with Crippen molar-refractivity contribution in [3.63, 3.8) is 0 Å². The number of halogens is 3. The Morgan fingerprint density at radius 1 is 1.56 bits per heavy atom. The Bertz CT molecular complexity index is 70.2. The van der Waals surface area contributed by atoms with Crippen molar-refractivity contribution in [2.24, 2.45) is 0 Å². The first-order valence-electron chi connectivity index (χ1n) is 2.02. The zero-order valence-corrected chi connectivity index (χ0v) is 7.68. The first kappa shape index (κ1) is 12.6. The van der Waals surface area contributed by atoms with Gasteiger partial charge in [0, 0.05) is 11.3 Å². The SMILES string of the molecule is ClC=C(Cl)Cl.OCCS. The average Bonchev–Trinajstić information content (AvgIpc) is 1.89. The number of hydrogen-bond donors (Lipinski definition) is 2. The number of thiol groups is 1. The van der Waals surface area contributed by atoms with Gasteiger partial charge in [-0.05, 0) is 0 Å². The van der Waals surface area contributed by atoms with Crippen LogP contribution in [0.25, 0.3) is 0 Å². The van der Waals surface area contributed by atoms with E-state index >= 15 is 0 Å². The fourth-order valence-electron chi connectivity index (χ4n) is 0. The van der Waals surface area contributed by atoms with Gasteiger partial charge in [0.15, 0.2) is 0 Å². The predicted molar refractivity (Wildman–Crippen MR) is 46.6 cm³/mol. The molecule has 0 aromatic heterocycles. The molecule has 0 unspecified atom stereocenters. The molecule has 0 aliphatic rings. The van der Waals surface area contributed by atoms with E-state index in [9.17, 15) is 0 Å². The van der Waals surface area contributed by atoms with E-state index in [1.54, 1.807) is 0 Å². The van der Waals surface area contributed by atoms with E-state index in [2.05, 4.69) is 12.6 Å². The van der Waals surface area contributed by atoms with Crippen LogP contribution in [0.5, 0.6) is 0 Å². The molecular formula is C4H7Cl3OS. The van der Waals surface area contributed by atoms with Crippen LogP contribution in [0.4, 0.5) is 0 Å². The van der Waals surface area contributed by atoms with Crippen molar-refractivity contribution in [3.05, 3.63) is 10.0 Å². The molecule has 0 aliphatic heterocycles. The summed E-state index contributed by atoms with van der Waals surface area (Å²) in [4.78, 5) is 0. The lowest BCUT2D eigenvalue weighted by Gasteiger charge is -1.69. The molecule has 0 aliphatic carbocycles. The highest BCUT2D eigenvalue weighted by molar-refractivity contribution is 7.80. The molecule has 0 saturated heterocycles. The molecule has 0 fully saturated rings. The van der Waals surface area contributed by atoms with Gasteiger partial charge in [0.25, 0.3) is 0 Å². The fraction of sp³-hybridized carbons (Fsp3) is 0.500. The first-order valence-corrected chi connectivity index (χ1v) is 3.84. The molecule has 0 rings (SSSR count). The van der Waals surface area contributed by atoms with Crippen molar-refractivity contribution in [1.29, 1.82) is 0 Å². The third-order valence-electron chi connectivity index (χ3n) is 0.182. The first-order chi connectivity index (χ1) is 4.18. The van der Waals surface area contributed by atoms with Gasteiger partial charge >= 0.3 is 0 Å². The summed E-state index contributed by atoms with van der Waals surface area (Å²) in [5, 5.41) is 7.80. The van der Waals surface area contributed by atoms with Gasteiger partial charge in [-0.15, -0.1) is 0 Å².